The van der Waals surface area contributed by atoms with Crippen LogP contribution in [0.2, 0.25) is 0 Å². The quantitative estimate of drug-likeness (QED) is 0.783. The van der Waals surface area contributed by atoms with Gasteiger partial charge in [0.15, 0.2) is 0 Å². The molecule has 1 aromatic carbocycles. The predicted molar refractivity (Wildman–Crippen MR) is 92.9 cm³/mol. The second kappa shape index (κ2) is 7.61. The lowest BCUT2D eigenvalue weighted by molar-refractivity contribution is -0.146. The first-order chi connectivity index (χ1) is 11.9. The van der Waals surface area contributed by atoms with Crippen LogP contribution in [-0.2, 0) is 19.7 Å². The highest BCUT2D eigenvalue weighted by atomic mass is 32.2. The molecule has 2 atom stereocenters. The van der Waals surface area contributed by atoms with Crippen LogP contribution in [0.15, 0.2) is 23.1 Å². The van der Waals surface area contributed by atoms with E-state index in [9.17, 15) is 17.6 Å². The maximum absolute atomic E-state index is 13.6. The number of esters is 1. The molecule has 2 aliphatic heterocycles. The third-order valence-corrected chi connectivity index (χ3v) is 7.13. The summed E-state index contributed by atoms with van der Waals surface area (Å²) in [4.78, 5) is 12.9. The van der Waals surface area contributed by atoms with Gasteiger partial charge in [-0.2, -0.15) is 17.4 Å². The molecule has 1 fully saturated rings. The minimum atomic E-state index is -3.88. The molecule has 0 amide bonds. The van der Waals surface area contributed by atoms with Crippen LogP contribution in [0.3, 0.4) is 0 Å². The second-order valence-corrected chi connectivity index (χ2v) is 8.81. The standard InChI is InChI=1S/C16H21FN2O4S2/c1-2-23-16(20)14-4-3-8-19(14)25(21,22)18-13-7-9-24-15-6-5-11(17)10-12(13)15/h5-6,10,13-14,18H,2-4,7-9H2,1H3/t13-,14-/m0/s1. The fraction of sp³-hybridized carbons (Fsp3) is 0.562. The van der Waals surface area contributed by atoms with E-state index in [0.29, 0.717) is 24.8 Å². The van der Waals surface area contributed by atoms with Gasteiger partial charge in [-0.1, -0.05) is 0 Å². The molecule has 25 heavy (non-hydrogen) atoms. The van der Waals surface area contributed by atoms with Crippen molar-refractivity contribution in [2.24, 2.45) is 0 Å². The van der Waals surface area contributed by atoms with Gasteiger partial charge in [-0.15, -0.1) is 11.8 Å². The number of halogens is 1. The summed E-state index contributed by atoms with van der Waals surface area (Å²) in [5.74, 6) is -0.167. The van der Waals surface area contributed by atoms with Crippen LogP contribution < -0.4 is 4.72 Å². The van der Waals surface area contributed by atoms with E-state index in [2.05, 4.69) is 4.72 Å². The molecule has 0 saturated carbocycles. The van der Waals surface area contributed by atoms with Crippen molar-refractivity contribution < 1.29 is 22.3 Å². The number of carbonyl (C=O) groups is 1. The average molecular weight is 388 g/mol. The molecule has 6 nitrogen and oxygen atoms in total. The van der Waals surface area contributed by atoms with Gasteiger partial charge in [0.05, 0.1) is 6.61 Å². The summed E-state index contributed by atoms with van der Waals surface area (Å²) >= 11 is 1.58. The molecular weight excluding hydrogens is 367 g/mol. The highest BCUT2D eigenvalue weighted by molar-refractivity contribution is 7.99. The smallest absolute Gasteiger partial charge is 0.324 e. The lowest BCUT2D eigenvalue weighted by Gasteiger charge is -2.29. The molecule has 2 aliphatic rings. The van der Waals surface area contributed by atoms with Crippen LogP contribution in [-0.4, -0.2) is 43.6 Å². The molecule has 0 aliphatic carbocycles. The number of benzene rings is 1. The first-order valence-corrected chi connectivity index (χ1v) is 10.7. The summed E-state index contributed by atoms with van der Waals surface area (Å²) in [6.07, 6.45) is 1.62. The Morgan fingerprint density at radius 1 is 1.44 bits per heavy atom. The van der Waals surface area contributed by atoms with Gasteiger partial charge in [-0.3, -0.25) is 4.79 Å². The van der Waals surface area contributed by atoms with Gasteiger partial charge in [-0.25, -0.2) is 4.39 Å². The molecule has 2 heterocycles. The van der Waals surface area contributed by atoms with Gasteiger partial charge in [0.1, 0.15) is 11.9 Å². The summed E-state index contributed by atoms with van der Waals surface area (Å²) in [6.45, 7) is 2.18. The summed E-state index contributed by atoms with van der Waals surface area (Å²) in [7, 11) is -3.88. The third kappa shape index (κ3) is 3.99. The molecular formula is C16H21FN2O4S2. The number of ether oxygens (including phenoxy) is 1. The molecule has 0 aromatic heterocycles. The second-order valence-electron chi connectivity index (χ2n) is 6.02. The SMILES string of the molecule is CCOC(=O)[C@@H]1CCCN1S(=O)(=O)N[C@H]1CCSc2ccc(F)cc21. The van der Waals surface area contributed by atoms with Crippen molar-refractivity contribution in [1.29, 1.82) is 0 Å². The Kier molecular flexibility index (Phi) is 5.67. The molecule has 0 radical (unpaired) electrons. The van der Waals surface area contributed by atoms with Crippen LogP contribution in [0.4, 0.5) is 4.39 Å². The van der Waals surface area contributed by atoms with Gasteiger partial charge >= 0.3 is 5.97 Å². The third-order valence-electron chi connectivity index (χ3n) is 4.37. The Hall–Kier alpha value is -1.16. The zero-order valence-corrected chi connectivity index (χ0v) is 15.5. The van der Waals surface area contributed by atoms with Crippen molar-refractivity contribution in [2.45, 2.75) is 43.2 Å². The number of fused-ring (bicyclic) bond motifs is 1. The Morgan fingerprint density at radius 3 is 3.00 bits per heavy atom. The Bertz CT molecular complexity index is 757. The largest absolute Gasteiger partial charge is 0.465 e. The zero-order valence-electron chi connectivity index (χ0n) is 13.9. The summed E-state index contributed by atoms with van der Waals surface area (Å²) in [6, 6.07) is 3.14. The number of carbonyl (C=O) groups excluding carboxylic acids is 1. The van der Waals surface area contributed by atoms with E-state index in [1.165, 1.54) is 16.4 Å². The maximum atomic E-state index is 13.6. The monoisotopic (exact) mass is 388 g/mol. The van der Waals surface area contributed by atoms with E-state index >= 15 is 0 Å². The van der Waals surface area contributed by atoms with E-state index in [1.54, 1.807) is 24.8 Å². The molecule has 3 rings (SSSR count). The fourth-order valence-electron chi connectivity index (χ4n) is 3.24. The van der Waals surface area contributed by atoms with Crippen LogP contribution >= 0.6 is 11.8 Å². The van der Waals surface area contributed by atoms with E-state index in [1.807, 2.05) is 0 Å². The van der Waals surface area contributed by atoms with Crippen molar-refractivity contribution in [2.75, 3.05) is 18.9 Å². The van der Waals surface area contributed by atoms with Crippen molar-refractivity contribution in [3.8, 4) is 0 Å². The van der Waals surface area contributed by atoms with E-state index < -0.39 is 34.1 Å². The molecule has 9 heteroatoms. The summed E-state index contributed by atoms with van der Waals surface area (Å²) < 4.78 is 48.1. The molecule has 0 unspecified atom stereocenters. The molecule has 1 aromatic rings. The van der Waals surface area contributed by atoms with Crippen LogP contribution in [0.25, 0.3) is 0 Å². The molecule has 1 saturated heterocycles. The highest BCUT2D eigenvalue weighted by Gasteiger charge is 2.41. The predicted octanol–water partition coefficient (Wildman–Crippen LogP) is 2.22. The number of thioether (sulfide) groups is 1. The Labute approximate surface area is 151 Å². The fourth-order valence-corrected chi connectivity index (χ4v) is 5.98. The minimum absolute atomic E-state index is 0.211. The Balaban J connectivity index is 1.81. The highest BCUT2D eigenvalue weighted by Crippen LogP contribution is 2.37. The van der Waals surface area contributed by atoms with Crippen molar-refractivity contribution in [3.05, 3.63) is 29.6 Å². The summed E-state index contributed by atoms with van der Waals surface area (Å²) in [5.41, 5.74) is 0.645. The van der Waals surface area contributed by atoms with Gasteiger partial charge in [0, 0.05) is 17.5 Å². The van der Waals surface area contributed by atoms with Crippen LogP contribution in [0, 0.1) is 5.82 Å². The first kappa shape index (κ1) is 18.6. The first-order valence-electron chi connectivity index (χ1n) is 8.30. The van der Waals surface area contributed by atoms with E-state index in [-0.39, 0.29) is 13.2 Å². The molecule has 0 spiro atoms. The zero-order chi connectivity index (χ0) is 18.0. The minimum Gasteiger partial charge on any atom is -0.465 e. The summed E-state index contributed by atoms with van der Waals surface area (Å²) in [5, 5.41) is 0. The lowest BCUT2D eigenvalue weighted by atomic mass is 10.0. The van der Waals surface area contributed by atoms with Gasteiger partial charge in [0.25, 0.3) is 10.2 Å². The number of hydrogen-bond donors (Lipinski definition) is 1. The molecule has 1 N–H and O–H groups in total. The van der Waals surface area contributed by atoms with Crippen LogP contribution in [0.1, 0.15) is 37.8 Å². The normalized spacial score (nSPS) is 24.1. The van der Waals surface area contributed by atoms with Gasteiger partial charge in [0.2, 0.25) is 0 Å². The Morgan fingerprint density at radius 2 is 2.24 bits per heavy atom. The number of hydrogen-bond acceptors (Lipinski definition) is 5. The van der Waals surface area contributed by atoms with E-state index in [4.69, 9.17) is 4.74 Å². The maximum Gasteiger partial charge on any atom is 0.324 e. The van der Waals surface area contributed by atoms with Crippen molar-refractivity contribution in [3.63, 3.8) is 0 Å². The van der Waals surface area contributed by atoms with Gasteiger partial charge in [-0.05, 0) is 55.7 Å². The van der Waals surface area contributed by atoms with E-state index in [0.717, 1.165) is 10.6 Å². The number of nitrogens with zero attached hydrogens (tertiary/aromatic N) is 1. The molecule has 0 bridgehead atoms. The van der Waals surface area contributed by atoms with Crippen molar-refractivity contribution >= 4 is 27.9 Å². The molecule has 138 valence electrons. The lowest BCUT2D eigenvalue weighted by Crippen LogP contribution is -2.48. The number of rotatable bonds is 5. The van der Waals surface area contributed by atoms with Gasteiger partial charge < -0.3 is 4.74 Å². The number of nitrogens with one attached hydrogen (secondary N) is 1. The topological polar surface area (TPSA) is 75.7 Å². The van der Waals surface area contributed by atoms with Crippen LogP contribution in [0.5, 0.6) is 0 Å². The van der Waals surface area contributed by atoms with Crippen molar-refractivity contribution in [1.82, 2.24) is 9.03 Å². The average Bonchev–Trinajstić information content (AvgIpc) is 3.06.